The van der Waals surface area contributed by atoms with Gasteiger partial charge in [0, 0.05) is 10.7 Å². The molecule has 0 aliphatic rings. The number of halogens is 3. The molecule has 1 aromatic carbocycles. The van der Waals surface area contributed by atoms with Crippen LogP contribution in [0, 0.1) is 6.92 Å². The Kier molecular flexibility index (Phi) is 3.95. The van der Waals surface area contributed by atoms with Crippen LogP contribution in [0.4, 0.5) is 0 Å². The SMILES string of the molecule is Cc1cnc2c(c1)nc(C(C)Cl)n2-c1cc(Br)ccc1Cl. The Balaban J connectivity index is 2.39. The standard InChI is InChI=1S/C15H12BrCl2N3/c1-8-5-12-15(19-7-8)21(14(20-12)9(2)17)13-6-10(16)3-4-11(13)18/h3-7,9H,1-2H3. The number of rotatable bonds is 2. The average Bonchev–Trinajstić information content (AvgIpc) is 2.80. The van der Waals surface area contributed by atoms with Crippen LogP contribution in [-0.2, 0) is 0 Å². The Bertz CT molecular complexity index is 827. The minimum absolute atomic E-state index is 0.255. The first-order valence-corrected chi connectivity index (χ1v) is 8.02. The molecule has 21 heavy (non-hydrogen) atoms. The summed E-state index contributed by atoms with van der Waals surface area (Å²) in [6, 6.07) is 7.66. The van der Waals surface area contributed by atoms with Crippen LogP contribution in [0.3, 0.4) is 0 Å². The molecule has 3 aromatic rings. The predicted molar refractivity (Wildman–Crippen MR) is 90.6 cm³/mol. The lowest BCUT2D eigenvalue weighted by atomic mass is 10.3. The van der Waals surface area contributed by atoms with E-state index in [1.54, 1.807) is 0 Å². The fourth-order valence-corrected chi connectivity index (χ4v) is 2.94. The molecule has 1 unspecified atom stereocenters. The fourth-order valence-electron chi connectivity index (χ4n) is 2.24. The van der Waals surface area contributed by atoms with E-state index in [2.05, 4.69) is 25.9 Å². The number of benzene rings is 1. The predicted octanol–water partition coefficient (Wildman–Crippen LogP) is 5.44. The Morgan fingerprint density at radius 3 is 2.76 bits per heavy atom. The highest BCUT2D eigenvalue weighted by Gasteiger charge is 2.19. The van der Waals surface area contributed by atoms with Crippen LogP contribution in [0.2, 0.25) is 5.02 Å². The molecule has 0 spiro atoms. The number of aromatic nitrogens is 3. The van der Waals surface area contributed by atoms with E-state index in [1.165, 1.54) is 0 Å². The molecule has 108 valence electrons. The maximum atomic E-state index is 6.36. The van der Waals surface area contributed by atoms with Crippen molar-refractivity contribution in [2.45, 2.75) is 19.2 Å². The van der Waals surface area contributed by atoms with Crippen LogP contribution < -0.4 is 0 Å². The lowest BCUT2D eigenvalue weighted by molar-refractivity contribution is 0.876. The molecule has 0 radical (unpaired) electrons. The van der Waals surface area contributed by atoms with E-state index < -0.39 is 0 Å². The van der Waals surface area contributed by atoms with Crippen LogP contribution in [0.15, 0.2) is 34.9 Å². The van der Waals surface area contributed by atoms with Gasteiger partial charge in [0.2, 0.25) is 0 Å². The molecule has 0 aliphatic heterocycles. The molecular weight excluding hydrogens is 373 g/mol. The Morgan fingerprint density at radius 1 is 1.29 bits per heavy atom. The highest BCUT2D eigenvalue weighted by molar-refractivity contribution is 9.10. The number of aryl methyl sites for hydroxylation is 1. The number of imidazole rings is 1. The first-order chi connectivity index (χ1) is 9.97. The molecule has 0 aliphatic carbocycles. The van der Waals surface area contributed by atoms with Gasteiger partial charge in [0.15, 0.2) is 5.65 Å². The van der Waals surface area contributed by atoms with Gasteiger partial charge >= 0.3 is 0 Å². The van der Waals surface area contributed by atoms with Crippen LogP contribution in [0.5, 0.6) is 0 Å². The third kappa shape index (κ3) is 2.68. The van der Waals surface area contributed by atoms with Crippen molar-refractivity contribution in [3.8, 4) is 5.69 Å². The summed E-state index contributed by atoms with van der Waals surface area (Å²) in [4.78, 5) is 9.11. The normalized spacial score (nSPS) is 12.8. The Hall–Kier alpha value is -1.10. The van der Waals surface area contributed by atoms with Gasteiger partial charge in [-0.15, -0.1) is 11.6 Å². The van der Waals surface area contributed by atoms with Crippen molar-refractivity contribution in [3.05, 3.63) is 51.3 Å². The molecule has 0 bridgehead atoms. The summed E-state index contributed by atoms with van der Waals surface area (Å²) in [5, 5.41) is 0.369. The van der Waals surface area contributed by atoms with Crippen LogP contribution in [0.1, 0.15) is 23.7 Å². The summed E-state index contributed by atoms with van der Waals surface area (Å²) in [5.74, 6) is 0.727. The van der Waals surface area contributed by atoms with Gasteiger partial charge in [-0.1, -0.05) is 27.5 Å². The minimum atomic E-state index is -0.255. The third-order valence-electron chi connectivity index (χ3n) is 3.16. The molecule has 2 heterocycles. The Labute approximate surface area is 141 Å². The molecule has 0 N–H and O–H groups in total. The number of alkyl halides is 1. The van der Waals surface area contributed by atoms with Gasteiger partial charge in [0.25, 0.3) is 0 Å². The largest absolute Gasteiger partial charge is 0.278 e. The second kappa shape index (κ2) is 5.59. The van der Waals surface area contributed by atoms with E-state index in [9.17, 15) is 0 Å². The minimum Gasteiger partial charge on any atom is -0.278 e. The molecule has 2 aromatic heterocycles. The molecule has 0 saturated heterocycles. The van der Waals surface area contributed by atoms with Gasteiger partial charge in [0.05, 0.1) is 16.1 Å². The second-order valence-corrected chi connectivity index (χ2v) is 6.85. The fraction of sp³-hybridized carbons (Fsp3) is 0.200. The van der Waals surface area contributed by atoms with Gasteiger partial charge in [-0.3, -0.25) is 4.57 Å². The zero-order valence-electron chi connectivity index (χ0n) is 11.4. The first kappa shape index (κ1) is 14.8. The quantitative estimate of drug-likeness (QED) is 0.550. The maximum Gasteiger partial charge on any atom is 0.164 e. The number of hydrogen-bond donors (Lipinski definition) is 0. The van der Waals surface area contributed by atoms with Crippen molar-refractivity contribution in [1.29, 1.82) is 0 Å². The highest BCUT2D eigenvalue weighted by Crippen LogP contribution is 2.32. The van der Waals surface area contributed by atoms with Crippen molar-refractivity contribution < 1.29 is 0 Å². The van der Waals surface area contributed by atoms with Crippen molar-refractivity contribution in [3.63, 3.8) is 0 Å². The van der Waals surface area contributed by atoms with Crippen molar-refractivity contribution in [2.24, 2.45) is 0 Å². The molecule has 0 saturated carbocycles. The average molecular weight is 385 g/mol. The van der Waals surface area contributed by atoms with Crippen molar-refractivity contribution >= 4 is 50.3 Å². The Morgan fingerprint density at radius 2 is 2.05 bits per heavy atom. The molecule has 6 heteroatoms. The summed E-state index contributed by atoms with van der Waals surface area (Å²) in [7, 11) is 0. The van der Waals surface area contributed by atoms with E-state index in [0.29, 0.717) is 5.02 Å². The molecule has 3 rings (SSSR count). The molecule has 0 fully saturated rings. The molecule has 0 amide bonds. The van der Waals surface area contributed by atoms with Crippen LogP contribution in [0.25, 0.3) is 16.9 Å². The van der Waals surface area contributed by atoms with Gasteiger partial charge in [-0.25, -0.2) is 9.97 Å². The molecular formula is C15H12BrCl2N3. The highest BCUT2D eigenvalue weighted by atomic mass is 79.9. The molecule has 3 nitrogen and oxygen atoms in total. The maximum absolute atomic E-state index is 6.36. The summed E-state index contributed by atoms with van der Waals surface area (Å²) < 4.78 is 2.85. The van der Waals surface area contributed by atoms with Gasteiger partial charge < -0.3 is 0 Å². The van der Waals surface area contributed by atoms with Crippen LogP contribution >= 0.6 is 39.1 Å². The molecule has 1 atom stereocenters. The van der Waals surface area contributed by atoms with Gasteiger partial charge in [0.1, 0.15) is 11.3 Å². The van der Waals surface area contributed by atoms with E-state index in [4.69, 9.17) is 23.2 Å². The summed E-state index contributed by atoms with van der Waals surface area (Å²) in [5.41, 5.74) is 3.44. The number of hydrogen-bond acceptors (Lipinski definition) is 2. The summed E-state index contributed by atoms with van der Waals surface area (Å²) in [6.07, 6.45) is 1.81. The van der Waals surface area contributed by atoms with Gasteiger partial charge in [-0.05, 0) is 43.7 Å². The lowest BCUT2D eigenvalue weighted by Crippen LogP contribution is -2.03. The zero-order valence-corrected chi connectivity index (χ0v) is 14.5. The van der Waals surface area contributed by atoms with Crippen LogP contribution in [-0.4, -0.2) is 14.5 Å². The second-order valence-electron chi connectivity index (χ2n) is 4.87. The summed E-state index contributed by atoms with van der Waals surface area (Å²) in [6.45, 7) is 3.87. The monoisotopic (exact) mass is 383 g/mol. The topological polar surface area (TPSA) is 30.7 Å². The number of pyridine rings is 1. The number of fused-ring (bicyclic) bond motifs is 1. The van der Waals surface area contributed by atoms with Gasteiger partial charge in [-0.2, -0.15) is 0 Å². The van der Waals surface area contributed by atoms with Crippen molar-refractivity contribution in [2.75, 3.05) is 0 Å². The zero-order chi connectivity index (χ0) is 15.1. The third-order valence-corrected chi connectivity index (χ3v) is 4.17. The van der Waals surface area contributed by atoms with E-state index in [0.717, 1.165) is 32.7 Å². The van der Waals surface area contributed by atoms with E-state index in [-0.39, 0.29) is 5.38 Å². The lowest BCUT2D eigenvalue weighted by Gasteiger charge is -2.12. The van der Waals surface area contributed by atoms with E-state index in [1.807, 2.05) is 48.9 Å². The number of nitrogens with zero attached hydrogens (tertiary/aromatic N) is 3. The summed E-state index contributed by atoms with van der Waals surface area (Å²) >= 11 is 16.1. The van der Waals surface area contributed by atoms with E-state index >= 15 is 0 Å². The van der Waals surface area contributed by atoms with Crippen molar-refractivity contribution in [1.82, 2.24) is 14.5 Å². The smallest absolute Gasteiger partial charge is 0.164 e. The first-order valence-electron chi connectivity index (χ1n) is 6.42.